The molecule has 0 unspecified atom stereocenters. The molecule has 1 saturated heterocycles. The van der Waals surface area contributed by atoms with Crippen LogP contribution in [-0.4, -0.2) is 23.4 Å². The maximum absolute atomic E-state index is 10.1. The maximum Gasteiger partial charge on any atom is 0.494 e. The van der Waals surface area contributed by atoms with Crippen LogP contribution in [0, 0.1) is 0 Å². The molecule has 0 aromatic heterocycles. The molecule has 1 aromatic carbocycles. The summed E-state index contributed by atoms with van der Waals surface area (Å²) in [4.78, 5) is 0. The maximum atomic E-state index is 10.1. The van der Waals surface area contributed by atoms with Crippen molar-refractivity contribution in [1.82, 2.24) is 0 Å². The second-order valence-electron chi connectivity index (χ2n) is 6.74. The van der Waals surface area contributed by atoms with Crippen molar-refractivity contribution in [2.24, 2.45) is 0 Å². The van der Waals surface area contributed by atoms with Gasteiger partial charge >= 0.3 is 7.12 Å². The van der Waals surface area contributed by atoms with Crippen LogP contribution in [0.15, 0.2) is 24.3 Å². The zero-order valence-electron chi connectivity index (χ0n) is 12.1. The predicted octanol–water partition coefficient (Wildman–Crippen LogP) is 1.97. The highest BCUT2D eigenvalue weighted by Crippen LogP contribution is 2.45. The third-order valence-electron chi connectivity index (χ3n) is 4.70. The molecule has 2 aliphatic rings. The van der Waals surface area contributed by atoms with Crippen LogP contribution in [0.4, 0.5) is 0 Å². The first-order valence-electron chi connectivity index (χ1n) is 6.92. The number of aliphatic hydroxyl groups is 1. The molecule has 0 spiro atoms. The third kappa shape index (κ3) is 2.12. The molecule has 3 nitrogen and oxygen atoms in total. The SMILES string of the molecule is CC1(C)OB(c2ccc(C3(O)CC3)cc2)OC1(C)C. The van der Waals surface area contributed by atoms with Gasteiger partial charge in [-0.2, -0.15) is 0 Å². The molecule has 2 fully saturated rings. The molecule has 1 aliphatic heterocycles. The molecule has 1 N–H and O–H groups in total. The van der Waals surface area contributed by atoms with Crippen LogP contribution in [0.25, 0.3) is 0 Å². The van der Waals surface area contributed by atoms with Crippen molar-refractivity contribution in [2.45, 2.75) is 57.3 Å². The fourth-order valence-electron chi connectivity index (χ4n) is 2.34. The predicted molar refractivity (Wildman–Crippen MR) is 75.3 cm³/mol. The third-order valence-corrected chi connectivity index (χ3v) is 4.70. The summed E-state index contributed by atoms with van der Waals surface area (Å²) in [6, 6.07) is 7.95. The first-order chi connectivity index (χ1) is 8.74. The Kier molecular flexibility index (Phi) is 2.66. The summed E-state index contributed by atoms with van der Waals surface area (Å²) >= 11 is 0. The molecule has 0 bridgehead atoms. The van der Waals surface area contributed by atoms with Gasteiger partial charge in [0.05, 0.1) is 16.8 Å². The van der Waals surface area contributed by atoms with E-state index in [0.29, 0.717) is 0 Å². The second kappa shape index (κ2) is 3.84. The van der Waals surface area contributed by atoms with Gasteiger partial charge in [0, 0.05) is 0 Å². The Morgan fingerprint density at radius 3 is 1.84 bits per heavy atom. The van der Waals surface area contributed by atoms with Crippen molar-refractivity contribution in [3.8, 4) is 0 Å². The Labute approximate surface area is 115 Å². The summed E-state index contributed by atoms with van der Waals surface area (Å²) in [5, 5.41) is 10.1. The Hall–Kier alpha value is -0.835. The van der Waals surface area contributed by atoms with E-state index in [4.69, 9.17) is 9.31 Å². The van der Waals surface area contributed by atoms with Gasteiger partial charge in [-0.15, -0.1) is 0 Å². The van der Waals surface area contributed by atoms with E-state index in [1.165, 1.54) is 0 Å². The molecule has 0 radical (unpaired) electrons. The molecule has 4 heteroatoms. The Morgan fingerprint density at radius 2 is 1.42 bits per heavy atom. The molecule has 1 heterocycles. The summed E-state index contributed by atoms with van der Waals surface area (Å²) < 4.78 is 12.0. The Morgan fingerprint density at radius 1 is 0.947 bits per heavy atom. The largest absolute Gasteiger partial charge is 0.494 e. The van der Waals surface area contributed by atoms with Crippen LogP contribution >= 0.6 is 0 Å². The lowest BCUT2D eigenvalue weighted by molar-refractivity contribution is 0.00578. The Bertz CT molecular complexity index is 473. The normalized spacial score (nSPS) is 26.5. The van der Waals surface area contributed by atoms with Crippen LogP contribution in [-0.2, 0) is 14.9 Å². The average molecular weight is 260 g/mol. The van der Waals surface area contributed by atoms with Gasteiger partial charge in [0.15, 0.2) is 0 Å². The van der Waals surface area contributed by atoms with E-state index in [-0.39, 0.29) is 18.3 Å². The molecule has 1 aromatic rings. The fraction of sp³-hybridized carbons (Fsp3) is 0.600. The van der Waals surface area contributed by atoms with Crippen molar-refractivity contribution in [3.05, 3.63) is 29.8 Å². The van der Waals surface area contributed by atoms with E-state index < -0.39 is 5.60 Å². The highest BCUT2D eigenvalue weighted by atomic mass is 16.7. The van der Waals surface area contributed by atoms with E-state index >= 15 is 0 Å². The van der Waals surface area contributed by atoms with Gasteiger partial charge in [-0.3, -0.25) is 0 Å². The van der Waals surface area contributed by atoms with Crippen LogP contribution in [0.3, 0.4) is 0 Å². The fourth-order valence-corrected chi connectivity index (χ4v) is 2.34. The van der Waals surface area contributed by atoms with Gasteiger partial charge in [-0.05, 0) is 51.6 Å². The van der Waals surface area contributed by atoms with Crippen LogP contribution in [0.1, 0.15) is 46.1 Å². The molecule has 1 saturated carbocycles. The smallest absolute Gasteiger partial charge is 0.399 e. The number of rotatable bonds is 2. The number of hydrogen-bond donors (Lipinski definition) is 1. The lowest BCUT2D eigenvalue weighted by Gasteiger charge is -2.32. The van der Waals surface area contributed by atoms with E-state index in [9.17, 15) is 5.11 Å². The highest BCUT2D eigenvalue weighted by molar-refractivity contribution is 6.62. The molecular formula is C15H21BO3. The minimum Gasteiger partial charge on any atom is -0.399 e. The van der Waals surface area contributed by atoms with E-state index in [0.717, 1.165) is 23.9 Å². The van der Waals surface area contributed by atoms with Gasteiger partial charge in [-0.1, -0.05) is 24.3 Å². The zero-order chi connectivity index (χ0) is 13.9. The van der Waals surface area contributed by atoms with Crippen molar-refractivity contribution in [1.29, 1.82) is 0 Å². The summed E-state index contributed by atoms with van der Waals surface area (Å²) in [5.41, 5.74) is 0.796. The molecule has 102 valence electrons. The van der Waals surface area contributed by atoms with Crippen molar-refractivity contribution in [2.75, 3.05) is 0 Å². The lowest BCUT2D eigenvalue weighted by Crippen LogP contribution is -2.41. The summed E-state index contributed by atoms with van der Waals surface area (Å²) in [6.07, 6.45) is 1.73. The molecule has 19 heavy (non-hydrogen) atoms. The Balaban J connectivity index is 1.81. The highest BCUT2D eigenvalue weighted by Gasteiger charge is 2.51. The molecule has 3 rings (SSSR count). The monoisotopic (exact) mass is 260 g/mol. The van der Waals surface area contributed by atoms with Crippen LogP contribution < -0.4 is 5.46 Å². The zero-order valence-corrected chi connectivity index (χ0v) is 12.1. The minimum absolute atomic E-state index is 0.314. The van der Waals surface area contributed by atoms with Gasteiger partial charge in [0.25, 0.3) is 0 Å². The van der Waals surface area contributed by atoms with E-state index in [2.05, 4.69) is 0 Å². The molecule has 0 amide bonds. The molecule has 1 aliphatic carbocycles. The molecular weight excluding hydrogens is 239 g/mol. The average Bonchev–Trinajstić information content (AvgIpc) is 3.02. The van der Waals surface area contributed by atoms with Crippen LogP contribution in [0.2, 0.25) is 0 Å². The first kappa shape index (κ1) is 13.2. The molecule has 0 atom stereocenters. The van der Waals surface area contributed by atoms with Crippen molar-refractivity contribution in [3.63, 3.8) is 0 Å². The van der Waals surface area contributed by atoms with Gasteiger partial charge in [0.2, 0.25) is 0 Å². The van der Waals surface area contributed by atoms with E-state index in [1.54, 1.807) is 0 Å². The quantitative estimate of drug-likeness (QED) is 0.826. The minimum atomic E-state index is -0.575. The summed E-state index contributed by atoms with van der Waals surface area (Å²) in [5.74, 6) is 0. The standard InChI is InChI=1S/C15H21BO3/c1-13(2)14(3,4)19-16(18-13)12-7-5-11(6-8-12)15(17)9-10-15/h5-8,17H,9-10H2,1-4H3. The number of benzene rings is 1. The van der Waals surface area contributed by atoms with Crippen molar-refractivity contribution >= 4 is 12.6 Å². The van der Waals surface area contributed by atoms with Crippen molar-refractivity contribution < 1.29 is 14.4 Å². The lowest BCUT2D eigenvalue weighted by atomic mass is 9.78. The first-order valence-corrected chi connectivity index (χ1v) is 6.92. The van der Waals surface area contributed by atoms with Gasteiger partial charge < -0.3 is 14.4 Å². The second-order valence-corrected chi connectivity index (χ2v) is 6.74. The van der Waals surface area contributed by atoms with Crippen LogP contribution in [0.5, 0.6) is 0 Å². The summed E-state index contributed by atoms with van der Waals surface area (Å²) in [7, 11) is -0.326. The van der Waals surface area contributed by atoms with E-state index in [1.807, 2.05) is 52.0 Å². The van der Waals surface area contributed by atoms with Gasteiger partial charge in [0.1, 0.15) is 0 Å². The number of hydrogen-bond acceptors (Lipinski definition) is 3. The topological polar surface area (TPSA) is 38.7 Å². The van der Waals surface area contributed by atoms with Gasteiger partial charge in [-0.25, -0.2) is 0 Å². The summed E-state index contributed by atoms with van der Waals surface area (Å²) in [6.45, 7) is 8.20.